The summed E-state index contributed by atoms with van der Waals surface area (Å²) in [5.41, 5.74) is 0. The summed E-state index contributed by atoms with van der Waals surface area (Å²) in [5.74, 6) is 1.68. The van der Waals surface area contributed by atoms with Crippen LogP contribution in [-0.4, -0.2) is 28.3 Å². The molecular formula is C11H25NOS. The fourth-order valence-corrected chi connectivity index (χ4v) is 2.21. The highest BCUT2D eigenvalue weighted by molar-refractivity contribution is 7.84. The Bertz CT molecular complexity index is 150. The van der Waals surface area contributed by atoms with Crippen LogP contribution >= 0.6 is 0 Å². The third-order valence-electron chi connectivity index (χ3n) is 2.42. The molecule has 0 spiro atoms. The predicted octanol–water partition coefficient (Wildman–Crippen LogP) is 2.31. The zero-order valence-electron chi connectivity index (χ0n) is 9.84. The first-order chi connectivity index (χ1) is 6.74. The van der Waals surface area contributed by atoms with Crippen molar-refractivity contribution < 1.29 is 4.21 Å². The van der Waals surface area contributed by atoms with Gasteiger partial charge in [-0.05, 0) is 32.2 Å². The minimum atomic E-state index is -0.579. The third kappa shape index (κ3) is 7.51. The Morgan fingerprint density at radius 2 is 2.00 bits per heavy atom. The third-order valence-corrected chi connectivity index (χ3v) is 3.81. The molecule has 0 aromatic rings. The summed E-state index contributed by atoms with van der Waals surface area (Å²) in [4.78, 5) is 0. The second-order valence-corrected chi connectivity index (χ2v) is 5.50. The van der Waals surface area contributed by atoms with Gasteiger partial charge in [-0.15, -0.1) is 0 Å². The second-order valence-electron chi connectivity index (χ2n) is 3.63. The lowest BCUT2D eigenvalue weighted by atomic mass is 10.1. The molecule has 0 rings (SSSR count). The second kappa shape index (κ2) is 9.66. The maximum absolute atomic E-state index is 11.2. The molecule has 0 aliphatic heterocycles. The van der Waals surface area contributed by atoms with Crippen LogP contribution in [0, 0.1) is 0 Å². The van der Waals surface area contributed by atoms with Gasteiger partial charge in [0, 0.05) is 28.3 Å². The largest absolute Gasteiger partial charge is 0.314 e. The fraction of sp³-hybridized carbons (Fsp3) is 1.00. The van der Waals surface area contributed by atoms with E-state index in [1.54, 1.807) is 0 Å². The van der Waals surface area contributed by atoms with Crippen molar-refractivity contribution in [2.45, 2.75) is 52.5 Å². The van der Waals surface area contributed by atoms with Crippen molar-refractivity contribution >= 4 is 10.8 Å². The van der Waals surface area contributed by atoms with Crippen LogP contribution < -0.4 is 5.32 Å². The first kappa shape index (κ1) is 14.1. The molecule has 0 bridgehead atoms. The molecule has 14 heavy (non-hydrogen) atoms. The molecule has 0 heterocycles. The van der Waals surface area contributed by atoms with E-state index < -0.39 is 10.8 Å². The Morgan fingerprint density at radius 3 is 2.50 bits per heavy atom. The molecule has 0 aliphatic rings. The topological polar surface area (TPSA) is 29.1 Å². The van der Waals surface area contributed by atoms with E-state index in [-0.39, 0.29) is 0 Å². The van der Waals surface area contributed by atoms with E-state index in [2.05, 4.69) is 19.2 Å². The standard InChI is InChI=1S/C11H25NOS/c1-4-9-12-11(5-2)8-7-10-14(13)6-3/h11-12H,4-10H2,1-3H3. The lowest BCUT2D eigenvalue weighted by Gasteiger charge is -2.15. The van der Waals surface area contributed by atoms with Gasteiger partial charge in [-0.1, -0.05) is 20.8 Å². The Balaban J connectivity index is 3.46. The number of hydrogen-bond donors (Lipinski definition) is 1. The summed E-state index contributed by atoms with van der Waals surface area (Å²) in [6.45, 7) is 7.49. The predicted molar refractivity (Wildman–Crippen MR) is 65.2 cm³/mol. The van der Waals surface area contributed by atoms with Crippen molar-refractivity contribution in [1.82, 2.24) is 5.32 Å². The van der Waals surface area contributed by atoms with Crippen LogP contribution in [-0.2, 0) is 10.8 Å². The zero-order valence-corrected chi connectivity index (χ0v) is 10.7. The normalized spacial score (nSPS) is 15.4. The fourth-order valence-electron chi connectivity index (χ4n) is 1.43. The van der Waals surface area contributed by atoms with Crippen LogP contribution in [0.3, 0.4) is 0 Å². The average Bonchev–Trinajstić information content (AvgIpc) is 2.22. The van der Waals surface area contributed by atoms with Crippen LogP contribution in [0.1, 0.15) is 46.5 Å². The Morgan fingerprint density at radius 1 is 1.29 bits per heavy atom. The molecule has 2 nitrogen and oxygen atoms in total. The van der Waals surface area contributed by atoms with Crippen molar-refractivity contribution in [3.63, 3.8) is 0 Å². The molecule has 2 unspecified atom stereocenters. The Hall–Kier alpha value is 0.110. The van der Waals surface area contributed by atoms with E-state index >= 15 is 0 Å². The average molecular weight is 219 g/mol. The maximum atomic E-state index is 11.2. The van der Waals surface area contributed by atoms with Crippen LogP contribution in [0.4, 0.5) is 0 Å². The zero-order chi connectivity index (χ0) is 10.8. The highest BCUT2D eigenvalue weighted by Gasteiger charge is 2.05. The summed E-state index contributed by atoms with van der Waals surface area (Å²) in [7, 11) is -0.579. The van der Waals surface area contributed by atoms with Gasteiger partial charge < -0.3 is 5.32 Å². The van der Waals surface area contributed by atoms with Gasteiger partial charge in [0.05, 0.1) is 0 Å². The van der Waals surface area contributed by atoms with Gasteiger partial charge in [-0.3, -0.25) is 4.21 Å². The Labute approximate surface area is 91.3 Å². The summed E-state index contributed by atoms with van der Waals surface area (Å²) < 4.78 is 11.2. The molecule has 3 heteroatoms. The van der Waals surface area contributed by atoms with E-state index in [0.29, 0.717) is 6.04 Å². The molecule has 1 N–H and O–H groups in total. The highest BCUT2D eigenvalue weighted by Crippen LogP contribution is 2.03. The minimum Gasteiger partial charge on any atom is -0.314 e. The molecule has 0 aliphatic carbocycles. The van der Waals surface area contributed by atoms with Crippen LogP contribution in [0.5, 0.6) is 0 Å². The minimum absolute atomic E-state index is 0.579. The van der Waals surface area contributed by atoms with Crippen molar-refractivity contribution in [1.29, 1.82) is 0 Å². The van der Waals surface area contributed by atoms with Crippen molar-refractivity contribution in [3.05, 3.63) is 0 Å². The van der Waals surface area contributed by atoms with E-state index in [0.717, 1.165) is 24.5 Å². The smallest absolute Gasteiger partial charge is 0.0235 e. The lowest BCUT2D eigenvalue weighted by Crippen LogP contribution is -2.29. The number of rotatable bonds is 9. The van der Waals surface area contributed by atoms with Gasteiger partial charge in [0.1, 0.15) is 0 Å². The van der Waals surface area contributed by atoms with Gasteiger partial charge in [-0.2, -0.15) is 0 Å². The maximum Gasteiger partial charge on any atom is 0.0235 e. The summed E-state index contributed by atoms with van der Waals surface area (Å²) in [5, 5.41) is 3.51. The lowest BCUT2D eigenvalue weighted by molar-refractivity contribution is 0.464. The molecule has 2 atom stereocenters. The van der Waals surface area contributed by atoms with Crippen LogP contribution in [0.2, 0.25) is 0 Å². The molecule has 0 amide bonds. The van der Waals surface area contributed by atoms with Gasteiger partial charge in [0.25, 0.3) is 0 Å². The highest BCUT2D eigenvalue weighted by atomic mass is 32.2. The quantitative estimate of drug-likeness (QED) is 0.645. The summed E-state index contributed by atoms with van der Waals surface area (Å²) >= 11 is 0. The van der Waals surface area contributed by atoms with Crippen molar-refractivity contribution in [2.75, 3.05) is 18.1 Å². The molecular weight excluding hydrogens is 194 g/mol. The van der Waals surface area contributed by atoms with Crippen molar-refractivity contribution in [3.8, 4) is 0 Å². The first-order valence-corrected chi connectivity index (χ1v) is 7.31. The van der Waals surface area contributed by atoms with Gasteiger partial charge in [0.2, 0.25) is 0 Å². The Kier molecular flexibility index (Phi) is 9.73. The van der Waals surface area contributed by atoms with E-state index in [9.17, 15) is 4.21 Å². The van der Waals surface area contributed by atoms with Gasteiger partial charge in [-0.25, -0.2) is 0 Å². The van der Waals surface area contributed by atoms with Crippen molar-refractivity contribution in [2.24, 2.45) is 0 Å². The van der Waals surface area contributed by atoms with E-state index in [1.165, 1.54) is 19.3 Å². The van der Waals surface area contributed by atoms with E-state index in [1.807, 2.05) is 6.92 Å². The SMILES string of the molecule is CCCNC(CC)CCCS(=O)CC. The first-order valence-electron chi connectivity index (χ1n) is 5.82. The molecule has 86 valence electrons. The monoisotopic (exact) mass is 219 g/mol. The van der Waals surface area contributed by atoms with Gasteiger partial charge >= 0.3 is 0 Å². The number of nitrogens with one attached hydrogen (secondary N) is 1. The van der Waals surface area contributed by atoms with Crippen LogP contribution in [0.25, 0.3) is 0 Å². The molecule has 0 fully saturated rings. The molecule has 0 aromatic heterocycles. The molecule has 0 radical (unpaired) electrons. The van der Waals surface area contributed by atoms with E-state index in [4.69, 9.17) is 0 Å². The van der Waals surface area contributed by atoms with Crippen LogP contribution in [0.15, 0.2) is 0 Å². The summed E-state index contributed by atoms with van der Waals surface area (Å²) in [6.07, 6.45) is 4.63. The molecule has 0 saturated carbocycles. The van der Waals surface area contributed by atoms with Gasteiger partial charge in [0.15, 0.2) is 0 Å². The molecule has 0 aromatic carbocycles. The summed E-state index contributed by atoms with van der Waals surface area (Å²) in [6, 6.07) is 0.629. The molecule has 0 saturated heterocycles. The number of hydrogen-bond acceptors (Lipinski definition) is 2.